The van der Waals surface area contributed by atoms with E-state index in [0.29, 0.717) is 47.2 Å². The largest absolute Gasteiger partial charge is 0.491 e. The standard InChI is InChI=1S/C25H20ClN3O3/c1-2-16-11-21(12-19(14-27)25(16)31-10-9-26)32-20-6-3-17(4-7-20)18-5-8-22-23(13-18)28-15-24(30)29-22/h3-8,11-13,15H,2,9-10H2,1H3,(H,29,30). The number of alkyl halides is 1. The van der Waals surface area contributed by atoms with Gasteiger partial charge in [0.05, 0.1) is 28.7 Å². The molecule has 0 saturated heterocycles. The van der Waals surface area contributed by atoms with E-state index in [4.69, 9.17) is 21.1 Å². The summed E-state index contributed by atoms with van der Waals surface area (Å²) in [6, 6.07) is 19.1. The van der Waals surface area contributed by atoms with Crippen LogP contribution < -0.4 is 15.0 Å². The maximum atomic E-state index is 11.4. The Bertz CT molecular complexity index is 1360. The summed E-state index contributed by atoms with van der Waals surface area (Å²) in [6.45, 7) is 2.34. The van der Waals surface area contributed by atoms with E-state index in [9.17, 15) is 10.1 Å². The summed E-state index contributed by atoms with van der Waals surface area (Å²) in [7, 11) is 0. The predicted molar refractivity (Wildman–Crippen MR) is 125 cm³/mol. The Balaban J connectivity index is 1.58. The first kappa shape index (κ1) is 21.4. The number of aryl methyl sites for hydroxylation is 1. The summed E-state index contributed by atoms with van der Waals surface area (Å²) in [5.74, 6) is 2.13. The van der Waals surface area contributed by atoms with Gasteiger partial charge in [-0.05, 0) is 53.4 Å². The Morgan fingerprint density at radius 3 is 2.56 bits per heavy atom. The number of rotatable bonds is 7. The molecule has 0 unspecified atom stereocenters. The third-order valence-electron chi connectivity index (χ3n) is 4.96. The summed E-state index contributed by atoms with van der Waals surface area (Å²) in [4.78, 5) is 18.4. The average molecular weight is 446 g/mol. The zero-order chi connectivity index (χ0) is 22.5. The first-order valence-electron chi connectivity index (χ1n) is 10.1. The third kappa shape index (κ3) is 4.58. The lowest BCUT2D eigenvalue weighted by atomic mass is 10.0. The molecule has 6 nitrogen and oxygen atoms in total. The predicted octanol–water partition coefficient (Wildman–Crippen LogP) is 5.43. The van der Waals surface area contributed by atoms with Crippen molar-refractivity contribution in [1.29, 1.82) is 5.26 Å². The van der Waals surface area contributed by atoms with E-state index in [1.165, 1.54) is 6.20 Å². The van der Waals surface area contributed by atoms with Crippen molar-refractivity contribution in [3.05, 3.63) is 82.3 Å². The Labute approximate surface area is 190 Å². The number of aromatic nitrogens is 2. The summed E-state index contributed by atoms with van der Waals surface area (Å²) in [5, 5.41) is 9.54. The van der Waals surface area contributed by atoms with Crippen molar-refractivity contribution in [2.75, 3.05) is 12.5 Å². The molecule has 1 heterocycles. The zero-order valence-electron chi connectivity index (χ0n) is 17.4. The Morgan fingerprint density at radius 1 is 1.06 bits per heavy atom. The third-order valence-corrected chi connectivity index (χ3v) is 5.12. The summed E-state index contributed by atoms with van der Waals surface area (Å²) < 4.78 is 11.7. The highest BCUT2D eigenvalue weighted by Gasteiger charge is 2.13. The van der Waals surface area contributed by atoms with Gasteiger partial charge in [0.25, 0.3) is 5.56 Å². The molecule has 160 valence electrons. The number of H-pyrrole nitrogens is 1. The van der Waals surface area contributed by atoms with Gasteiger partial charge in [-0.3, -0.25) is 4.79 Å². The number of nitriles is 1. The van der Waals surface area contributed by atoms with Gasteiger partial charge in [-0.25, -0.2) is 4.98 Å². The Kier molecular flexibility index (Phi) is 6.39. The lowest BCUT2D eigenvalue weighted by molar-refractivity contribution is 0.337. The fourth-order valence-corrected chi connectivity index (χ4v) is 3.52. The van der Waals surface area contributed by atoms with Crippen LogP contribution in [0.3, 0.4) is 0 Å². The van der Waals surface area contributed by atoms with Crippen LogP contribution in [0.5, 0.6) is 17.2 Å². The van der Waals surface area contributed by atoms with Crippen LogP contribution >= 0.6 is 11.6 Å². The SMILES string of the molecule is CCc1cc(Oc2ccc(-c3ccc4[nH]c(=O)cnc4c3)cc2)cc(C#N)c1OCCCl. The molecule has 4 aromatic rings. The van der Waals surface area contributed by atoms with Gasteiger partial charge in [-0.15, -0.1) is 11.6 Å². The van der Waals surface area contributed by atoms with Crippen molar-refractivity contribution in [2.45, 2.75) is 13.3 Å². The fourth-order valence-electron chi connectivity index (χ4n) is 3.44. The zero-order valence-corrected chi connectivity index (χ0v) is 18.1. The number of halogens is 1. The lowest BCUT2D eigenvalue weighted by Crippen LogP contribution is -2.04. The maximum Gasteiger partial charge on any atom is 0.266 e. The molecule has 0 aliphatic heterocycles. The number of benzene rings is 3. The highest BCUT2D eigenvalue weighted by Crippen LogP contribution is 2.33. The van der Waals surface area contributed by atoms with Crippen molar-refractivity contribution in [2.24, 2.45) is 0 Å². The smallest absolute Gasteiger partial charge is 0.266 e. The average Bonchev–Trinajstić information content (AvgIpc) is 2.82. The topological polar surface area (TPSA) is 88.0 Å². The molecule has 0 radical (unpaired) electrons. The number of ether oxygens (including phenoxy) is 2. The second kappa shape index (κ2) is 9.54. The van der Waals surface area contributed by atoms with Crippen LogP contribution in [-0.4, -0.2) is 22.5 Å². The molecule has 1 aromatic heterocycles. The molecular formula is C25H20ClN3O3. The van der Waals surface area contributed by atoms with Crippen molar-refractivity contribution in [1.82, 2.24) is 9.97 Å². The minimum Gasteiger partial charge on any atom is -0.491 e. The molecule has 1 N–H and O–H groups in total. The second-order valence-corrected chi connectivity index (χ2v) is 7.45. The van der Waals surface area contributed by atoms with Gasteiger partial charge in [-0.2, -0.15) is 5.26 Å². The molecule has 0 aliphatic rings. The first-order valence-corrected chi connectivity index (χ1v) is 10.7. The van der Waals surface area contributed by atoms with Crippen molar-refractivity contribution in [3.63, 3.8) is 0 Å². The van der Waals surface area contributed by atoms with E-state index >= 15 is 0 Å². The molecule has 0 bridgehead atoms. The van der Waals surface area contributed by atoms with E-state index in [2.05, 4.69) is 16.0 Å². The molecular weight excluding hydrogens is 426 g/mol. The molecule has 0 saturated carbocycles. The summed E-state index contributed by atoms with van der Waals surface area (Å²) >= 11 is 5.72. The number of hydrogen-bond acceptors (Lipinski definition) is 5. The van der Waals surface area contributed by atoms with Crippen LogP contribution in [0.15, 0.2) is 65.6 Å². The highest BCUT2D eigenvalue weighted by atomic mass is 35.5. The molecule has 0 fully saturated rings. The van der Waals surface area contributed by atoms with E-state index < -0.39 is 0 Å². The number of nitrogens with one attached hydrogen (secondary N) is 1. The van der Waals surface area contributed by atoms with Crippen molar-refractivity contribution < 1.29 is 9.47 Å². The molecule has 0 spiro atoms. The molecule has 3 aromatic carbocycles. The molecule has 0 atom stereocenters. The second-order valence-electron chi connectivity index (χ2n) is 7.07. The van der Waals surface area contributed by atoms with Crippen LogP contribution in [0, 0.1) is 11.3 Å². The van der Waals surface area contributed by atoms with Gasteiger partial charge in [-0.1, -0.05) is 25.1 Å². The molecule has 7 heteroatoms. The first-order chi connectivity index (χ1) is 15.6. The van der Waals surface area contributed by atoms with Gasteiger partial charge in [0.15, 0.2) is 0 Å². The maximum absolute atomic E-state index is 11.4. The molecule has 0 amide bonds. The monoisotopic (exact) mass is 445 g/mol. The summed E-state index contributed by atoms with van der Waals surface area (Å²) in [5.41, 5.74) is 4.46. The minimum atomic E-state index is -0.226. The van der Waals surface area contributed by atoms with E-state index in [-0.39, 0.29) is 5.56 Å². The molecule has 0 aliphatic carbocycles. The highest BCUT2D eigenvalue weighted by molar-refractivity contribution is 6.18. The van der Waals surface area contributed by atoms with Gasteiger partial charge < -0.3 is 14.5 Å². The van der Waals surface area contributed by atoms with Crippen LogP contribution in [0.2, 0.25) is 0 Å². The quantitative estimate of drug-likeness (QED) is 0.383. The number of nitrogens with zero attached hydrogens (tertiary/aromatic N) is 2. The fraction of sp³-hybridized carbons (Fsp3) is 0.160. The van der Waals surface area contributed by atoms with Crippen LogP contribution in [0.25, 0.3) is 22.2 Å². The van der Waals surface area contributed by atoms with Crippen LogP contribution in [0.1, 0.15) is 18.1 Å². The van der Waals surface area contributed by atoms with Crippen LogP contribution in [-0.2, 0) is 6.42 Å². The van der Waals surface area contributed by atoms with Crippen molar-refractivity contribution in [3.8, 4) is 34.4 Å². The van der Waals surface area contributed by atoms with E-state index in [0.717, 1.165) is 22.2 Å². The van der Waals surface area contributed by atoms with Gasteiger partial charge >= 0.3 is 0 Å². The lowest BCUT2D eigenvalue weighted by Gasteiger charge is -2.14. The molecule has 32 heavy (non-hydrogen) atoms. The van der Waals surface area contributed by atoms with E-state index in [1.807, 2.05) is 55.5 Å². The Hall–Kier alpha value is -3.82. The minimum absolute atomic E-state index is 0.226. The number of fused-ring (bicyclic) bond motifs is 1. The normalized spacial score (nSPS) is 10.7. The van der Waals surface area contributed by atoms with Crippen LogP contribution in [0.4, 0.5) is 0 Å². The van der Waals surface area contributed by atoms with Gasteiger partial charge in [0, 0.05) is 6.07 Å². The van der Waals surface area contributed by atoms with Gasteiger partial charge in [0.2, 0.25) is 0 Å². The Morgan fingerprint density at radius 2 is 1.84 bits per heavy atom. The number of hydrogen-bond donors (Lipinski definition) is 1. The van der Waals surface area contributed by atoms with Crippen molar-refractivity contribution >= 4 is 22.6 Å². The number of aromatic amines is 1. The van der Waals surface area contributed by atoms with Gasteiger partial charge in [0.1, 0.15) is 29.9 Å². The molecule has 4 rings (SSSR count). The summed E-state index contributed by atoms with van der Waals surface area (Å²) in [6.07, 6.45) is 1.97. The van der Waals surface area contributed by atoms with E-state index in [1.54, 1.807) is 6.07 Å².